The molecule has 0 aromatic carbocycles. The predicted octanol–water partition coefficient (Wildman–Crippen LogP) is 3.66. The summed E-state index contributed by atoms with van der Waals surface area (Å²) in [4.78, 5) is 15.9. The second-order valence-corrected chi connectivity index (χ2v) is 7.10. The summed E-state index contributed by atoms with van der Waals surface area (Å²) in [6.07, 6.45) is 6.58. The first-order valence-corrected chi connectivity index (χ1v) is 9.12. The van der Waals surface area contributed by atoms with Crippen LogP contribution >= 0.6 is 11.3 Å². The molecule has 1 heterocycles. The number of thiophene rings is 1. The Morgan fingerprint density at radius 1 is 1.43 bits per heavy atom. The number of carbonyl (C=O) groups is 1. The zero-order valence-corrected chi connectivity index (χ0v) is 14.1. The molecule has 0 bridgehead atoms. The van der Waals surface area contributed by atoms with Gasteiger partial charge in [-0.2, -0.15) is 0 Å². The topological polar surface area (TPSA) is 32.3 Å². The van der Waals surface area contributed by atoms with E-state index in [0.717, 1.165) is 19.6 Å². The van der Waals surface area contributed by atoms with E-state index in [1.54, 1.807) is 11.3 Å². The molecule has 1 unspecified atom stereocenters. The van der Waals surface area contributed by atoms with Gasteiger partial charge in [-0.25, -0.2) is 0 Å². The molecule has 21 heavy (non-hydrogen) atoms. The highest BCUT2D eigenvalue weighted by Crippen LogP contribution is 2.22. The molecule has 0 saturated heterocycles. The molecule has 1 aliphatic carbocycles. The van der Waals surface area contributed by atoms with Gasteiger partial charge >= 0.3 is 0 Å². The van der Waals surface area contributed by atoms with E-state index in [1.165, 1.54) is 37.0 Å². The van der Waals surface area contributed by atoms with Gasteiger partial charge < -0.3 is 5.32 Å². The van der Waals surface area contributed by atoms with E-state index in [9.17, 15) is 4.79 Å². The van der Waals surface area contributed by atoms with Gasteiger partial charge in [-0.3, -0.25) is 9.69 Å². The third kappa shape index (κ3) is 5.11. The Bertz CT molecular complexity index is 412. The van der Waals surface area contributed by atoms with E-state index in [-0.39, 0.29) is 11.9 Å². The van der Waals surface area contributed by atoms with Crippen molar-refractivity contribution in [3.63, 3.8) is 0 Å². The lowest BCUT2D eigenvalue weighted by Gasteiger charge is -2.28. The number of nitrogens with one attached hydrogen (secondary N) is 1. The fourth-order valence-electron chi connectivity index (χ4n) is 3.08. The van der Waals surface area contributed by atoms with Gasteiger partial charge in [0.1, 0.15) is 0 Å². The summed E-state index contributed by atoms with van der Waals surface area (Å²) < 4.78 is 0. The van der Waals surface area contributed by atoms with Gasteiger partial charge in [-0.05, 0) is 43.7 Å². The van der Waals surface area contributed by atoms with Crippen LogP contribution < -0.4 is 5.32 Å². The maximum absolute atomic E-state index is 12.4. The van der Waals surface area contributed by atoms with Crippen molar-refractivity contribution in [3.05, 3.63) is 22.4 Å². The van der Waals surface area contributed by atoms with Crippen LogP contribution in [0.4, 0.5) is 0 Å². The third-order valence-corrected chi connectivity index (χ3v) is 5.42. The first-order chi connectivity index (χ1) is 10.2. The minimum atomic E-state index is -0.0549. The number of rotatable bonds is 7. The predicted molar refractivity (Wildman–Crippen MR) is 89.4 cm³/mol. The van der Waals surface area contributed by atoms with Gasteiger partial charge in [0, 0.05) is 18.0 Å². The molecule has 0 spiro atoms. The summed E-state index contributed by atoms with van der Waals surface area (Å²) in [7, 11) is 0. The Morgan fingerprint density at radius 2 is 2.19 bits per heavy atom. The van der Waals surface area contributed by atoms with Crippen molar-refractivity contribution < 1.29 is 4.79 Å². The smallest absolute Gasteiger partial charge is 0.237 e. The second-order valence-electron chi connectivity index (χ2n) is 6.07. The number of likely N-dealkylation sites (N-methyl/N-ethyl adjacent to an activating group) is 1. The standard InChI is InChI=1S/C17H28N2OS/c1-3-19(13-16-10-7-11-21-16)14(2)17(20)18-12-15-8-5-4-6-9-15/h7,10-11,14-15H,3-6,8-9,12-13H2,1-2H3,(H,18,20). The van der Waals surface area contributed by atoms with Gasteiger partial charge in [-0.1, -0.05) is 32.3 Å². The van der Waals surface area contributed by atoms with Crippen molar-refractivity contribution >= 4 is 17.2 Å². The lowest BCUT2D eigenvalue weighted by Crippen LogP contribution is -2.45. The largest absolute Gasteiger partial charge is 0.354 e. The van der Waals surface area contributed by atoms with Crippen LogP contribution in [0.1, 0.15) is 50.8 Å². The van der Waals surface area contributed by atoms with Crippen LogP contribution in [-0.2, 0) is 11.3 Å². The first kappa shape index (κ1) is 16.5. The molecule has 1 aromatic heterocycles. The van der Waals surface area contributed by atoms with Crippen LogP contribution in [0.5, 0.6) is 0 Å². The van der Waals surface area contributed by atoms with E-state index in [1.807, 2.05) is 6.92 Å². The van der Waals surface area contributed by atoms with Crippen LogP contribution in [0.15, 0.2) is 17.5 Å². The highest BCUT2D eigenvalue weighted by atomic mass is 32.1. The number of carbonyl (C=O) groups excluding carboxylic acids is 1. The molecule has 1 aliphatic rings. The highest BCUT2D eigenvalue weighted by Gasteiger charge is 2.21. The molecule has 1 N–H and O–H groups in total. The molecule has 4 heteroatoms. The van der Waals surface area contributed by atoms with Crippen molar-refractivity contribution in [1.82, 2.24) is 10.2 Å². The quantitative estimate of drug-likeness (QED) is 0.834. The molecule has 3 nitrogen and oxygen atoms in total. The van der Waals surface area contributed by atoms with Crippen molar-refractivity contribution in [2.24, 2.45) is 5.92 Å². The normalized spacial score (nSPS) is 17.9. The summed E-state index contributed by atoms with van der Waals surface area (Å²) in [5.41, 5.74) is 0. The van der Waals surface area contributed by atoms with Gasteiger partial charge in [0.05, 0.1) is 6.04 Å². The zero-order valence-electron chi connectivity index (χ0n) is 13.3. The van der Waals surface area contributed by atoms with E-state index >= 15 is 0 Å². The van der Waals surface area contributed by atoms with E-state index in [4.69, 9.17) is 0 Å². The summed E-state index contributed by atoms with van der Waals surface area (Å²) in [6.45, 7) is 6.77. The number of hydrogen-bond donors (Lipinski definition) is 1. The minimum absolute atomic E-state index is 0.0549. The van der Waals surface area contributed by atoms with Crippen molar-refractivity contribution in [2.75, 3.05) is 13.1 Å². The van der Waals surface area contributed by atoms with Crippen LogP contribution in [0.3, 0.4) is 0 Å². The molecule has 0 radical (unpaired) electrons. The van der Waals surface area contributed by atoms with Crippen LogP contribution in [0.2, 0.25) is 0 Å². The monoisotopic (exact) mass is 308 g/mol. The molecular weight excluding hydrogens is 280 g/mol. The number of nitrogens with zero attached hydrogens (tertiary/aromatic N) is 1. The molecular formula is C17H28N2OS. The molecule has 1 aromatic rings. The Morgan fingerprint density at radius 3 is 2.81 bits per heavy atom. The fourth-order valence-corrected chi connectivity index (χ4v) is 3.80. The van der Waals surface area contributed by atoms with Crippen molar-refractivity contribution in [3.8, 4) is 0 Å². The first-order valence-electron chi connectivity index (χ1n) is 8.24. The highest BCUT2D eigenvalue weighted by molar-refractivity contribution is 7.09. The molecule has 0 aliphatic heterocycles. The molecule has 1 amide bonds. The number of amides is 1. The van der Waals surface area contributed by atoms with E-state index < -0.39 is 0 Å². The Hall–Kier alpha value is -0.870. The van der Waals surface area contributed by atoms with Crippen LogP contribution in [-0.4, -0.2) is 29.9 Å². The van der Waals surface area contributed by atoms with Crippen LogP contribution in [0, 0.1) is 5.92 Å². The van der Waals surface area contributed by atoms with Gasteiger partial charge in [0.15, 0.2) is 0 Å². The Balaban J connectivity index is 1.78. The van der Waals surface area contributed by atoms with Gasteiger partial charge in [0.2, 0.25) is 5.91 Å². The van der Waals surface area contributed by atoms with E-state index in [2.05, 4.69) is 34.7 Å². The minimum Gasteiger partial charge on any atom is -0.354 e. The maximum atomic E-state index is 12.4. The Kier molecular flexibility index (Phi) is 6.71. The third-order valence-electron chi connectivity index (χ3n) is 4.56. The summed E-state index contributed by atoms with van der Waals surface area (Å²) in [6, 6.07) is 4.16. The van der Waals surface area contributed by atoms with Gasteiger partial charge in [0.25, 0.3) is 0 Å². The molecule has 1 saturated carbocycles. The van der Waals surface area contributed by atoms with E-state index in [0.29, 0.717) is 5.92 Å². The Labute approximate surface area is 132 Å². The average molecular weight is 308 g/mol. The van der Waals surface area contributed by atoms with Crippen LogP contribution in [0.25, 0.3) is 0 Å². The molecule has 1 fully saturated rings. The summed E-state index contributed by atoms with van der Waals surface area (Å²) >= 11 is 1.76. The average Bonchev–Trinajstić information content (AvgIpc) is 3.03. The lowest BCUT2D eigenvalue weighted by molar-refractivity contribution is -0.126. The number of hydrogen-bond acceptors (Lipinski definition) is 3. The zero-order chi connectivity index (χ0) is 15.1. The van der Waals surface area contributed by atoms with Gasteiger partial charge in [-0.15, -0.1) is 11.3 Å². The summed E-state index contributed by atoms with van der Waals surface area (Å²) in [5.74, 6) is 0.876. The molecule has 2 rings (SSSR count). The second kappa shape index (κ2) is 8.54. The summed E-state index contributed by atoms with van der Waals surface area (Å²) in [5, 5.41) is 5.26. The lowest BCUT2D eigenvalue weighted by atomic mass is 9.89. The van der Waals surface area contributed by atoms with Crippen molar-refractivity contribution in [1.29, 1.82) is 0 Å². The van der Waals surface area contributed by atoms with Crippen molar-refractivity contribution in [2.45, 2.75) is 58.5 Å². The fraction of sp³-hybridized carbons (Fsp3) is 0.706. The molecule has 1 atom stereocenters. The molecule has 118 valence electrons. The SMILES string of the molecule is CCN(Cc1cccs1)C(C)C(=O)NCC1CCCCC1. The maximum Gasteiger partial charge on any atom is 0.237 e.